The van der Waals surface area contributed by atoms with Crippen molar-refractivity contribution in [2.75, 3.05) is 13.1 Å². The second kappa shape index (κ2) is 8.28. The van der Waals surface area contributed by atoms with Crippen LogP contribution in [0, 0.1) is 13.8 Å². The van der Waals surface area contributed by atoms with E-state index in [1.54, 1.807) is 0 Å². The number of nitrogens with zero attached hydrogens (tertiary/aromatic N) is 1. The maximum atomic E-state index is 12.8. The molecular formula is C23H23NO6S. The third-order valence-electron chi connectivity index (χ3n) is 5.65. The van der Waals surface area contributed by atoms with Gasteiger partial charge in [0.05, 0.1) is 10.5 Å². The summed E-state index contributed by atoms with van der Waals surface area (Å²) in [5.41, 5.74) is 2.45. The largest absolute Gasteiger partial charge is 0.457 e. The highest BCUT2D eigenvalue weighted by Crippen LogP contribution is 2.25. The maximum Gasteiger partial charge on any atom is 0.338 e. The summed E-state index contributed by atoms with van der Waals surface area (Å²) in [6.07, 6.45) is 1.66. The predicted octanol–water partition coefficient (Wildman–Crippen LogP) is 3.55. The fourth-order valence-corrected chi connectivity index (χ4v) is 5.30. The Bertz CT molecular complexity index is 1320. The van der Waals surface area contributed by atoms with Crippen LogP contribution in [0.3, 0.4) is 0 Å². The molecule has 1 aromatic heterocycles. The van der Waals surface area contributed by atoms with Crippen LogP contribution in [0.2, 0.25) is 0 Å². The Kier molecular flexibility index (Phi) is 5.68. The zero-order chi connectivity index (χ0) is 22.2. The van der Waals surface area contributed by atoms with Crippen LogP contribution in [0.25, 0.3) is 11.0 Å². The van der Waals surface area contributed by atoms with E-state index in [2.05, 4.69) is 0 Å². The second-order valence-corrected chi connectivity index (χ2v) is 9.63. The van der Waals surface area contributed by atoms with Crippen LogP contribution in [0.1, 0.15) is 39.9 Å². The van der Waals surface area contributed by atoms with Crippen molar-refractivity contribution in [3.63, 3.8) is 0 Å². The van der Waals surface area contributed by atoms with Gasteiger partial charge in [-0.05, 0) is 56.0 Å². The summed E-state index contributed by atoms with van der Waals surface area (Å²) in [4.78, 5) is 24.7. The van der Waals surface area contributed by atoms with Gasteiger partial charge >= 0.3 is 11.6 Å². The Labute approximate surface area is 180 Å². The van der Waals surface area contributed by atoms with E-state index in [1.807, 2.05) is 26.0 Å². The third kappa shape index (κ3) is 4.13. The Morgan fingerprint density at radius 1 is 1.10 bits per heavy atom. The van der Waals surface area contributed by atoms with Gasteiger partial charge in [-0.15, -0.1) is 0 Å². The molecule has 0 bridgehead atoms. The summed E-state index contributed by atoms with van der Waals surface area (Å²) in [6, 6.07) is 10.9. The highest BCUT2D eigenvalue weighted by Gasteiger charge is 2.27. The molecule has 1 aliphatic heterocycles. The zero-order valence-electron chi connectivity index (χ0n) is 17.4. The van der Waals surface area contributed by atoms with Gasteiger partial charge in [0.2, 0.25) is 10.0 Å². The van der Waals surface area contributed by atoms with Crippen LogP contribution in [0.4, 0.5) is 0 Å². The highest BCUT2D eigenvalue weighted by atomic mass is 32.2. The zero-order valence-corrected chi connectivity index (χ0v) is 18.2. The number of benzene rings is 2. The van der Waals surface area contributed by atoms with Gasteiger partial charge < -0.3 is 9.15 Å². The summed E-state index contributed by atoms with van der Waals surface area (Å²) in [5.74, 6) is -0.663. The Morgan fingerprint density at radius 2 is 1.84 bits per heavy atom. The van der Waals surface area contributed by atoms with E-state index in [0.29, 0.717) is 29.6 Å². The molecule has 0 spiro atoms. The standard InChI is InChI=1S/C23H23NO6S/c1-15-8-9-20-18(13-21(25)30-22(20)16(15)2)14-29-23(26)17-6-5-7-19(12-17)31(27,28)24-10-3-4-11-24/h5-9,12-13H,3-4,10-11,14H2,1-2H3. The number of ether oxygens (including phenoxy) is 1. The van der Waals surface area contributed by atoms with Crippen molar-refractivity contribution in [2.45, 2.75) is 38.2 Å². The average molecular weight is 442 g/mol. The summed E-state index contributed by atoms with van der Waals surface area (Å²) in [5, 5.41) is 0.695. The molecule has 0 N–H and O–H groups in total. The minimum absolute atomic E-state index is 0.0701. The lowest BCUT2D eigenvalue weighted by Crippen LogP contribution is -2.28. The van der Waals surface area contributed by atoms with Gasteiger partial charge in [-0.3, -0.25) is 0 Å². The molecule has 3 aromatic rings. The van der Waals surface area contributed by atoms with Gasteiger partial charge in [-0.1, -0.05) is 18.2 Å². The van der Waals surface area contributed by atoms with Crippen molar-refractivity contribution in [1.29, 1.82) is 0 Å². The number of carbonyl (C=O) groups excluding carboxylic acids is 1. The number of carbonyl (C=O) groups is 1. The van der Waals surface area contributed by atoms with Crippen molar-refractivity contribution < 1.29 is 22.4 Å². The van der Waals surface area contributed by atoms with Crippen LogP contribution in [0.5, 0.6) is 0 Å². The van der Waals surface area contributed by atoms with Gasteiger partial charge in [0, 0.05) is 30.1 Å². The van der Waals surface area contributed by atoms with E-state index in [0.717, 1.165) is 24.0 Å². The van der Waals surface area contributed by atoms with Gasteiger partial charge in [0.1, 0.15) is 12.2 Å². The normalized spacial score (nSPS) is 14.8. The van der Waals surface area contributed by atoms with Gasteiger partial charge in [0.25, 0.3) is 0 Å². The molecule has 2 heterocycles. The van der Waals surface area contributed by atoms with Crippen molar-refractivity contribution in [3.05, 3.63) is 75.1 Å². The molecule has 0 aliphatic carbocycles. The number of rotatable bonds is 5. The average Bonchev–Trinajstić information content (AvgIpc) is 3.30. The predicted molar refractivity (Wildman–Crippen MR) is 116 cm³/mol. The van der Waals surface area contributed by atoms with E-state index in [9.17, 15) is 18.0 Å². The molecule has 8 heteroatoms. The molecule has 31 heavy (non-hydrogen) atoms. The van der Waals surface area contributed by atoms with Crippen molar-refractivity contribution in [2.24, 2.45) is 0 Å². The summed E-state index contributed by atoms with van der Waals surface area (Å²) >= 11 is 0. The van der Waals surface area contributed by atoms with Crippen molar-refractivity contribution in [1.82, 2.24) is 4.31 Å². The molecule has 1 saturated heterocycles. The van der Waals surface area contributed by atoms with Gasteiger partial charge in [-0.2, -0.15) is 4.31 Å². The van der Waals surface area contributed by atoms with Crippen LogP contribution in [-0.4, -0.2) is 31.8 Å². The molecule has 0 radical (unpaired) electrons. The van der Waals surface area contributed by atoms with Crippen molar-refractivity contribution >= 4 is 27.0 Å². The first-order valence-electron chi connectivity index (χ1n) is 10.1. The van der Waals surface area contributed by atoms with E-state index in [-0.39, 0.29) is 17.1 Å². The van der Waals surface area contributed by atoms with Crippen LogP contribution < -0.4 is 5.63 Å². The summed E-state index contributed by atoms with van der Waals surface area (Å²) in [7, 11) is -3.63. The number of aryl methyl sites for hydroxylation is 2. The topological polar surface area (TPSA) is 93.9 Å². The fourth-order valence-electron chi connectivity index (χ4n) is 3.73. The highest BCUT2D eigenvalue weighted by molar-refractivity contribution is 7.89. The summed E-state index contributed by atoms with van der Waals surface area (Å²) < 4.78 is 37.7. The van der Waals surface area contributed by atoms with Gasteiger partial charge in [0.15, 0.2) is 0 Å². The molecule has 1 fully saturated rings. The van der Waals surface area contributed by atoms with E-state index in [1.165, 1.54) is 34.6 Å². The quantitative estimate of drug-likeness (QED) is 0.444. The monoisotopic (exact) mass is 441 g/mol. The van der Waals surface area contributed by atoms with Crippen molar-refractivity contribution in [3.8, 4) is 0 Å². The van der Waals surface area contributed by atoms with E-state index < -0.39 is 21.6 Å². The maximum absolute atomic E-state index is 12.8. The molecule has 4 rings (SSSR count). The molecule has 162 valence electrons. The molecule has 1 aliphatic rings. The summed E-state index contributed by atoms with van der Waals surface area (Å²) in [6.45, 7) is 4.62. The van der Waals surface area contributed by atoms with Crippen LogP contribution in [-0.2, 0) is 21.4 Å². The minimum atomic E-state index is -3.63. The lowest BCUT2D eigenvalue weighted by atomic mass is 10.0. The molecular weight excluding hydrogens is 418 g/mol. The lowest BCUT2D eigenvalue weighted by Gasteiger charge is -2.16. The van der Waals surface area contributed by atoms with Gasteiger partial charge in [-0.25, -0.2) is 18.0 Å². The van der Waals surface area contributed by atoms with Crippen LogP contribution >= 0.6 is 0 Å². The van der Waals surface area contributed by atoms with E-state index >= 15 is 0 Å². The SMILES string of the molecule is Cc1ccc2c(COC(=O)c3cccc(S(=O)(=O)N4CCCC4)c3)cc(=O)oc2c1C. The first kappa shape index (κ1) is 21.3. The minimum Gasteiger partial charge on any atom is -0.457 e. The van der Waals surface area contributed by atoms with Crippen LogP contribution in [0.15, 0.2) is 56.6 Å². The number of hydrogen-bond donors (Lipinski definition) is 0. The second-order valence-electron chi connectivity index (χ2n) is 7.69. The smallest absolute Gasteiger partial charge is 0.338 e. The Hall–Kier alpha value is -2.97. The molecule has 0 atom stereocenters. The fraction of sp³-hybridized carbons (Fsp3) is 0.304. The Morgan fingerprint density at radius 3 is 2.58 bits per heavy atom. The number of hydrogen-bond acceptors (Lipinski definition) is 6. The number of fused-ring (bicyclic) bond motifs is 1. The van der Waals surface area contributed by atoms with E-state index in [4.69, 9.17) is 9.15 Å². The number of sulfonamides is 1. The molecule has 2 aromatic carbocycles. The molecule has 7 nitrogen and oxygen atoms in total. The lowest BCUT2D eigenvalue weighted by molar-refractivity contribution is 0.0473. The molecule has 0 saturated carbocycles. The molecule has 0 unspecified atom stereocenters. The first-order chi connectivity index (χ1) is 14.8. The first-order valence-corrected chi connectivity index (χ1v) is 11.5. The molecule has 0 amide bonds. The number of esters is 1. The third-order valence-corrected chi connectivity index (χ3v) is 7.54. The Balaban J connectivity index is 1.58.